The number of carbonyl (C=O) groups excluding carboxylic acids is 1. The largest absolute Gasteiger partial charge is 0.294 e. The molecule has 1 nitrogen and oxygen atoms in total. The maximum atomic E-state index is 14.3. The fraction of sp³-hybridized carbons (Fsp3) is 0.0952. The molecule has 1 atom stereocenters. The highest BCUT2D eigenvalue weighted by molar-refractivity contribution is 7.99. The minimum Gasteiger partial charge on any atom is -0.294 e. The van der Waals surface area contributed by atoms with Gasteiger partial charge in [0.25, 0.3) is 0 Å². The van der Waals surface area contributed by atoms with E-state index >= 15 is 0 Å². The quantitative estimate of drug-likeness (QED) is 0.360. The second kappa shape index (κ2) is 8.32. The van der Waals surface area contributed by atoms with E-state index in [4.69, 9.17) is 11.6 Å². The summed E-state index contributed by atoms with van der Waals surface area (Å²) < 4.78 is 14.3. The number of hydrogen-bond acceptors (Lipinski definition) is 2. The molecule has 0 aliphatic carbocycles. The monoisotopic (exact) mass is 370 g/mol. The Kier molecular flexibility index (Phi) is 5.90. The van der Waals surface area contributed by atoms with Crippen molar-refractivity contribution in [2.24, 2.45) is 0 Å². The van der Waals surface area contributed by atoms with Crippen molar-refractivity contribution in [1.29, 1.82) is 0 Å². The molecule has 0 saturated heterocycles. The second-order valence-corrected chi connectivity index (χ2v) is 7.29. The number of ketones is 1. The van der Waals surface area contributed by atoms with Crippen molar-refractivity contribution in [3.05, 3.63) is 101 Å². The van der Waals surface area contributed by atoms with Crippen LogP contribution < -0.4 is 0 Å². The molecule has 0 spiro atoms. The number of halogens is 2. The second-order valence-electron chi connectivity index (χ2n) is 5.58. The molecular weight excluding hydrogens is 355 g/mol. The first kappa shape index (κ1) is 17.7. The lowest BCUT2D eigenvalue weighted by Crippen LogP contribution is -2.07. The van der Waals surface area contributed by atoms with Crippen molar-refractivity contribution in [2.75, 3.05) is 0 Å². The summed E-state index contributed by atoms with van der Waals surface area (Å²) in [6.45, 7) is 0. The minimum absolute atomic E-state index is 0.0339. The number of thioether (sulfide) groups is 1. The fourth-order valence-corrected chi connectivity index (χ4v) is 3.86. The van der Waals surface area contributed by atoms with Crippen LogP contribution in [0.3, 0.4) is 0 Å². The highest BCUT2D eigenvalue weighted by Crippen LogP contribution is 2.39. The normalized spacial score (nSPS) is 11.9. The molecule has 3 aromatic carbocycles. The summed E-state index contributed by atoms with van der Waals surface area (Å²) in [5.74, 6) is -0.326. The predicted octanol–water partition coefficient (Wildman–Crippen LogP) is 6.59. The molecular formula is C21H16ClFOS. The van der Waals surface area contributed by atoms with Crippen LogP contribution >= 0.6 is 23.4 Å². The number of hydrogen-bond donors (Lipinski definition) is 0. The lowest BCUT2D eigenvalue weighted by Gasteiger charge is -2.17. The molecule has 0 radical (unpaired) electrons. The lowest BCUT2D eigenvalue weighted by atomic mass is 10.0. The highest BCUT2D eigenvalue weighted by Gasteiger charge is 2.21. The van der Waals surface area contributed by atoms with Gasteiger partial charge in [-0.05, 0) is 42.5 Å². The molecule has 0 heterocycles. The highest BCUT2D eigenvalue weighted by atomic mass is 35.5. The summed E-state index contributed by atoms with van der Waals surface area (Å²) in [4.78, 5) is 13.7. The Morgan fingerprint density at radius 1 is 0.920 bits per heavy atom. The van der Waals surface area contributed by atoms with Gasteiger partial charge in [0.1, 0.15) is 5.82 Å². The number of Topliss-reactive ketones (excluding diaryl/α,β-unsaturated/α-hetero) is 1. The third kappa shape index (κ3) is 4.71. The van der Waals surface area contributed by atoms with E-state index in [1.165, 1.54) is 17.8 Å². The van der Waals surface area contributed by atoms with E-state index in [0.29, 0.717) is 16.1 Å². The van der Waals surface area contributed by atoms with Crippen molar-refractivity contribution in [1.82, 2.24) is 0 Å². The van der Waals surface area contributed by atoms with Crippen LogP contribution in [0.25, 0.3) is 0 Å². The number of benzene rings is 3. The molecule has 25 heavy (non-hydrogen) atoms. The van der Waals surface area contributed by atoms with Gasteiger partial charge in [-0.2, -0.15) is 0 Å². The van der Waals surface area contributed by atoms with E-state index in [9.17, 15) is 9.18 Å². The van der Waals surface area contributed by atoms with Crippen LogP contribution in [0.2, 0.25) is 5.02 Å². The summed E-state index contributed by atoms with van der Waals surface area (Å²) in [6.07, 6.45) is 0.210. The Labute approximate surface area is 155 Å². The van der Waals surface area contributed by atoms with E-state index < -0.39 is 0 Å². The van der Waals surface area contributed by atoms with Crippen molar-refractivity contribution in [2.45, 2.75) is 16.6 Å². The van der Waals surface area contributed by atoms with Gasteiger partial charge < -0.3 is 0 Å². The summed E-state index contributed by atoms with van der Waals surface area (Å²) in [6, 6.07) is 23.1. The predicted molar refractivity (Wildman–Crippen MR) is 102 cm³/mol. The van der Waals surface area contributed by atoms with E-state index in [2.05, 4.69) is 0 Å². The van der Waals surface area contributed by atoms with E-state index in [0.717, 1.165) is 4.90 Å². The minimum atomic E-state index is -0.299. The first-order chi connectivity index (χ1) is 12.1. The molecule has 0 aromatic heterocycles. The Hall–Kier alpha value is -2.10. The van der Waals surface area contributed by atoms with Crippen LogP contribution in [-0.2, 0) is 0 Å². The maximum Gasteiger partial charge on any atom is 0.164 e. The Balaban J connectivity index is 1.87. The molecule has 0 aliphatic heterocycles. The zero-order chi connectivity index (χ0) is 17.6. The van der Waals surface area contributed by atoms with Gasteiger partial charge in [0, 0.05) is 32.7 Å². The molecule has 3 aromatic rings. The van der Waals surface area contributed by atoms with Gasteiger partial charge in [0.2, 0.25) is 0 Å². The molecule has 0 saturated carbocycles. The molecule has 0 fully saturated rings. The molecule has 126 valence electrons. The average molecular weight is 371 g/mol. The van der Waals surface area contributed by atoms with E-state index in [1.54, 1.807) is 42.5 Å². The van der Waals surface area contributed by atoms with Gasteiger partial charge in [-0.1, -0.05) is 48.0 Å². The zero-order valence-corrected chi connectivity index (χ0v) is 14.9. The van der Waals surface area contributed by atoms with Crippen LogP contribution in [0.15, 0.2) is 83.8 Å². The summed E-state index contributed by atoms with van der Waals surface area (Å²) >= 11 is 7.38. The van der Waals surface area contributed by atoms with E-state index in [1.807, 2.05) is 30.3 Å². The average Bonchev–Trinajstić information content (AvgIpc) is 2.63. The van der Waals surface area contributed by atoms with E-state index in [-0.39, 0.29) is 23.3 Å². The van der Waals surface area contributed by atoms with Gasteiger partial charge in [0.15, 0.2) is 5.78 Å². The first-order valence-electron chi connectivity index (χ1n) is 7.88. The van der Waals surface area contributed by atoms with Crippen LogP contribution in [0.4, 0.5) is 4.39 Å². The van der Waals surface area contributed by atoms with Crippen LogP contribution in [0, 0.1) is 5.82 Å². The van der Waals surface area contributed by atoms with Crippen molar-refractivity contribution in [3.63, 3.8) is 0 Å². The summed E-state index contributed by atoms with van der Waals surface area (Å²) in [5.41, 5.74) is 1.12. The number of carbonyl (C=O) groups is 1. The van der Waals surface area contributed by atoms with Crippen LogP contribution in [0.5, 0.6) is 0 Å². The molecule has 3 rings (SSSR count). The Morgan fingerprint density at radius 3 is 2.24 bits per heavy atom. The lowest BCUT2D eigenvalue weighted by molar-refractivity contribution is 0.0982. The van der Waals surface area contributed by atoms with Crippen molar-refractivity contribution in [3.8, 4) is 0 Å². The Bertz CT molecular complexity index is 849. The zero-order valence-electron chi connectivity index (χ0n) is 13.4. The molecule has 4 heteroatoms. The van der Waals surface area contributed by atoms with Crippen molar-refractivity contribution >= 4 is 29.1 Å². The smallest absolute Gasteiger partial charge is 0.164 e. The molecule has 1 unspecified atom stereocenters. The van der Waals surface area contributed by atoms with Gasteiger partial charge in [-0.25, -0.2) is 4.39 Å². The topological polar surface area (TPSA) is 17.1 Å². The van der Waals surface area contributed by atoms with Gasteiger partial charge in [0.05, 0.1) is 0 Å². The standard InChI is InChI=1S/C21H16ClFOS/c22-16-12-10-15(11-13-16)20(24)14-21(18-8-4-5-9-19(18)23)25-17-6-2-1-3-7-17/h1-13,21H,14H2. The summed E-state index contributed by atoms with van der Waals surface area (Å²) in [5, 5.41) is 0.285. The van der Waals surface area contributed by atoms with Crippen molar-refractivity contribution < 1.29 is 9.18 Å². The maximum absolute atomic E-state index is 14.3. The SMILES string of the molecule is O=C(CC(Sc1ccccc1)c1ccccc1F)c1ccc(Cl)cc1. The first-order valence-corrected chi connectivity index (χ1v) is 9.14. The van der Waals surface area contributed by atoms with Gasteiger partial charge in [-0.15, -0.1) is 11.8 Å². The van der Waals surface area contributed by atoms with Crippen LogP contribution in [-0.4, -0.2) is 5.78 Å². The third-order valence-electron chi connectivity index (χ3n) is 3.81. The van der Waals surface area contributed by atoms with Gasteiger partial charge in [-0.3, -0.25) is 4.79 Å². The van der Waals surface area contributed by atoms with Gasteiger partial charge >= 0.3 is 0 Å². The molecule has 0 N–H and O–H groups in total. The van der Waals surface area contributed by atoms with Crippen LogP contribution in [0.1, 0.15) is 27.6 Å². The molecule has 0 amide bonds. The summed E-state index contributed by atoms with van der Waals surface area (Å²) in [7, 11) is 0. The third-order valence-corrected chi connectivity index (χ3v) is 5.31. The molecule has 0 aliphatic rings. The number of rotatable bonds is 6. The molecule has 0 bridgehead atoms. The Morgan fingerprint density at radius 2 is 1.56 bits per heavy atom. The fourth-order valence-electron chi connectivity index (χ4n) is 2.54.